The number of hydrogen-bond acceptors (Lipinski definition) is 4. The summed E-state index contributed by atoms with van der Waals surface area (Å²) in [7, 11) is 0. The van der Waals surface area contributed by atoms with Gasteiger partial charge in [-0.25, -0.2) is 0 Å². The first-order valence-corrected chi connectivity index (χ1v) is 8.86. The molecule has 0 amide bonds. The lowest BCUT2D eigenvalue weighted by atomic mass is 10.1. The molecular formula is C17H30O4. The zero-order chi connectivity index (χ0) is 14.3. The van der Waals surface area contributed by atoms with Crippen molar-refractivity contribution in [3.05, 3.63) is 0 Å². The first-order chi connectivity index (χ1) is 10.4. The molecule has 122 valence electrons. The van der Waals surface area contributed by atoms with Crippen molar-refractivity contribution < 1.29 is 18.9 Å². The van der Waals surface area contributed by atoms with Gasteiger partial charge in [-0.2, -0.15) is 0 Å². The summed E-state index contributed by atoms with van der Waals surface area (Å²) in [5.41, 5.74) is 0. The third-order valence-electron chi connectivity index (χ3n) is 5.16. The monoisotopic (exact) mass is 298 g/mol. The van der Waals surface area contributed by atoms with Gasteiger partial charge in [0.1, 0.15) is 0 Å². The maximum absolute atomic E-state index is 5.48. The topological polar surface area (TPSA) is 36.9 Å². The summed E-state index contributed by atoms with van der Waals surface area (Å²) in [5.74, 6) is 1.69. The van der Waals surface area contributed by atoms with E-state index < -0.39 is 0 Å². The molecule has 0 bridgehead atoms. The predicted molar refractivity (Wildman–Crippen MR) is 80.2 cm³/mol. The smallest absolute Gasteiger partial charge is 0.160 e. The van der Waals surface area contributed by atoms with Gasteiger partial charge in [0.05, 0.1) is 19.3 Å². The third-order valence-corrected chi connectivity index (χ3v) is 5.16. The second-order valence-corrected chi connectivity index (χ2v) is 6.66. The van der Waals surface area contributed by atoms with E-state index in [4.69, 9.17) is 18.9 Å². The fourth-order valence-electron chi connectivity index (χ4n) is 3.84. The average Bonchev–Trinajstić information content (AvgIpc) is 3.25. The zero-order valence-corrected chi connectivity index (χ0v) is 13.1. The highest BCUT2D eigenvalue weighted by Gasteiger charge is 2.33. The van der Waals surface area contributed by atoms with Crippen molar-refractivity contribution in [1.82, 2.24) is 0 Å². The van der Waals surface area contributed by atoms with Gasteiger partial charge in [-0.1, -0.05) is 6.42 Å². The van der Waals surface area contributed by atoms with Gasteiger partial charge in [0.15, 0.2) is 6.29 Å². The Morgan fingerprint density at radius 2 is 1.19 bits per heavy atom. The Hall–Kier alpha value is -0.160. The Balaban J connectivity index is 0.0000000976. The van der Waals surface area contributed by atoms with Crippen LogP contribution in [0.3, 0.4) is 0 Å². The molecule has 2 atom stereocenters. The van der Waals surface area contributed by atoms with Crippen LogP contribution < -0.4 is 0 Å². The Labute approximate surface area is 128 Å². The number of ether oxygens (including phenoxy) is 4. The molecule has 4 aliphatic heterocycles. The van der Waals surface area contributed by atoms with Crippen molar-refractivity contribution >= 4 is 0 Å². The van der Waals surface area contributed by atoms with Crippen LogP contribution in [0, 0.1) is 11.8 Å². The number of fused-ring (bicyclic) bond motifs is 2. The summed E-state index contributed by atoms with van der Waals surface area (Å²) >= 11 is 0. The molecular weight excluding hydrogens is 268 g/mol. The minimum Gasteiger partial charge on any atom is -0.381 e. The Kier molecular flexibility index (Phi) is 6.34. The molecule has 4 nitrogen and oxygen atoms in total. The Morgan fingerprint density at radius 3 is 1.76 bits per heavy atom. The van der Waals surface area contributed by atoms with Crippen molar-refractivity contribution in [2.24, 2.45) is 11.8 Å². The first kappa shape index (κ1) is 15.7. The molecule has 21 heavy (non-hydrogen) atoms. The second-order valence-electron chi connectivity index (χ2n) is 6.66. The van der Waals surface area contributed by atoms with Crippen LogP contribution in [0.15, 0.2) is 0 Å². The standard InChI is InChI=1S/C7H12O.C6H10O2.C4H8O/c1-2-6-4-5-8-7(6)3-1;1-3-7-6-5(1)2-4-8-6;1-2-4-5-3-1/h6-7H,1-5H2;5-6H,1-4H2;1-4H2/t6?,7-;;/m1../s1. The maximum atomic E-state index is 5.48. The zero-order valence-electron chi connectivity index (χ0n) is 13.1. The molecule has 5 rings (SSSR count). The molecule has 4 heterocycles. The van der Waals surface area contributed by atoms with Gasteiger partial charge in [0.2, 0.25) is 0 Å². The molecule has 4 heteroatoms. The highest BCUT2D eigenvalue weighted by Crippen LogP contribution is 2.35. The molecule has 0 N–H and O–H groups in total. The van der Waals surface area contributed by atoms with Gasteiger partial charge < -0.3 is 18.9 Å². The van der Waals surface area contributed by atoms with Crippen LogP contribution in [0.2, 0.25) is 0 Å². The van der Waals surface area contributed by atoms with Crippen molar-refractivity contribution in [2.75, 3.05) is 33.0 Å². The van der Waals surface area contributed by atoms with Crippen molar-refractivity contribution in [3.63, 3.8) is 0 Å². The molecule has 4 saturated heterocycles. The molecule has 0 aromatic carbocycles. The first-order valence-electron chi connectivity index (χ1n) is 8.86. The van der Waals surface area contributed by atoms with E-state index in [9.17, 15) is 0 Å². The minimum absolute atomic E-state index is 0.176. The predicted octanol–water partition coefficient (Wildman–Crippen LogP) is 3.14. The lowest BCUT2D eigenvalue weighted by Gasteiger charge is -2.04. The molecule has 1 saturated carbocycles. The average molecular weight is 298 g/mol. The fraction of sp³-hybridized carbons (Fsp3) is 1.00. The Bertz CT molecular complexity index is 221. The normalized spacial score (nSPS) is 40.0. The highest BCUT2D eigenvalue weighted by atomic mass is 16.7. The lowest BCUT2D eigenvalue weighted by molar-refractivity contribution is -0.0904. The molecule has 0 aromatic rings. The summed E-state index contributed by atoms with van der Waals surface area (Å²) in [6.07, 6.45) is 11.4. The third kappa shape index (κ3) is 4.65. The van der Waals surface area contributed by atoms with E-state index in [-0.39, 0.29) is 6.29 Å². The van der Waals surface area contributed by atoms with Crippen molar-refractivity contribution in [1.29, 1.82) is 0 Å². The number of hydrogen-bond donors (Lipinski definition) is 0. The van der Waals surface area contributed by atoms with E-state index in [0.29, 0.717) is 6.10 Å². The van der Waals surface area contributed by atoms with Gasteiger partial charge in [0.25, 0.3) is 0 Å². The maximum Gasteiger partial charge on any atom is 0.160 e. The second kappa shape index (κ2) is 8.47. The summed E-state index contributed by atoms with van der Waals surface area (Å²) in [6, 6.07) is 0. The molecule has 0 aromatic heterocycles. The van der Waals surface area contributed by atoms with Gasteiger partial charge in [-0.3, -0.25) is 0 Å². The van der Waals surface area contributed by atoms with Crippen molar-refractivity contribution in [3.8, 4) is 0 Å². The van der Waals surface area contributed by atoms with Gasteiger partial charge in [0, 0.05) is 25.7 Å². The van der Waals surface area contributed by atoms with Crippen LogP contribution in [0.25, 0.3) is 0 Å². The minimum atomic E-state index is 0.176. The van der Waals surface area contributed by atoms with E-state index >= 15 is 0 Å². The van der Waals surface area contributed by atoms with E-state index in [1.807, 2.05) is 0 Å². The molecule has 1 aliphatic carbocycles. The van der Waals surface area contributed by atoms with Crippen molar-refractivity contribution in [2.45, 2.75) is 63.8 Å². The fourth-order valence-corrected chi connectivity index (χ4v) is 3.84. The van der Waals surface area contributed by atoms with Crippen LogP contribution in [0.5, 0.6) is 0 Å². The van der Waals surface area contributed by atoms with Crippen LogP contribution in [-0.4, -0.2) is 45.4 Å². The SMILES string of the molecule is C1CC2CCOC2O1.C1CC2CCO[C@@H]2C1.C1CCOC1. The summed E-state index contributed by atoms with van der Waals surface area (Å²) in [6.45, 7) is 4.86. The summed E-state index contributed by atoms with van der Waals surface area (Å²) in [4.78, 5) is 0. The van der Waals surface area contributed by atoms with Gasteiger partial charge in [-0.15, -0.1) is 0 Å². The summed E-state index contributed by atoms with van der Waals surface area (Å²) in [5, 5.41) is 0. The molecule has 0 spiro atoms. The van der Waals surface area contributed by atoms with E-state index in [1.165, 1.54) is 51.4 Å². The molecule has 5 fully saturated rings. The summed E-state index contributed by atoms with van der Waals surface area (Å²) < 4.78 is 20.9. The van der Waals surface area contributed by atoms with Gasteiger partial charge in [-0.05, 0) is 50.9 Å². The van der Waals surface area contributed by atoms with Crippen LogP contribution in [0.4, 0.5) is 0 Å². The quantitative estimate of drug-likeness (QED) is 0.688. The largest absolute Gasteiger partial charge is 0.381 e. The van der Waals surface area contributed by atoms with E-state index in [0.717, 1.165) is 44.9 Å². The molecule has 5 aliphatic rings. The molecule has 0 radical (unpaired) electrons. The Morgan fingerprint density at radius 1 is 0.524 bits per heavy atom. The van der Waals surface area contributed by atoms with Crippen LogP contribution >= 0.6 is 0 Å². The van der Waals surface area contributed by atoms with E-state index in [2.05, 4.69) is 0 Å². The van der Waals surface area contributed by atoms with Gasteiger partial charge >= 0.3 is 0 Å². The van der Waals surface area contributed by atoms with Crippen LogP contribution in [0.1, 0.15) is 51.4 Å². The van der Waals surface area contributed by atoms with Crippen LogP contribution in [-0.2, 0) is 18.9 Å². The van der Waals surface area contributed by atoms with E-state index in [1.54, 1.807) is 0 Å². The lowest BCUT2D eigenvalue weighted by Crippen LogP contribution is -2.08. The highest BCUT2D eigenvalue weighted by molar-refractivity contribution is 4.81. The molecule has 1 unspecified atom stereocenters. The number of rotatable bonds is 0.